The molecule has 5 nitrogen and oxygen atoms in total. The Morgan fingerprint density at radius 2 is 1.96 bits per heavy atom. The van der Waals surface area contributed by atoms with Crippen molar-refractivity contribution in [3.05, 3.63) is 35.9 Å². The Bertz CT molecular complexity index is 436. The first-order chi connectivity index (χ1) is 11.2. The summed E-state index contributed by atoms with van der Waals surface area (Å²) in [6.45, 7) is 9.47. The van der Waals surface area contributed by atoms with Crippen LogP contribution in [-0.4, -0.2) is 64.3 Å². The lowest BCUT2D eigenvalue weighted by atomic mass is 10.0. The number of guanidine groups is 1. The highest BCUT2D eigenvalue weighted by atomic mass is 16.5. The van der Waals surface area contributed by atoms with Crippen molar-refractivity contribution in [2.75, 3.05) is 53.5 Å². The molecule has 0 amide bonds. The average molecular weight is 320 g/mol. The number of likely N-dealkylation sites (N-methyl/N-ethyl adjacent to an activating group) is 1. The van der Waals surface area contributed by atoms with Gasteiger partial charge in [0.2, 0.25) is 0 Å². The van der Waals surface area contributed by atoms with Gasteiger partial charge in [-0.1, -0.05) is 37.3 Å². The Morgan fingerprint density at radius 3 is 2.61 bits per heavy atom. The summed E-state index contributed by atoms with van der Waals surface area (Å²) in [5, 5.41) is 6.69. The molecule has 1 aromatic carbocycles. The van der Waals surface area contributed by atoms with E-state index in [0.717, 1.165) is 45.3 Å². The van der Waals surface area contributed by atoms with Gasteiger partial charge in [0.25, 0.3) is 0 Å². The number of hydrogen-bond acceptors (Lipinski definition) is 3. The Morgan fingerprint density at radius 1 is 1.22 bits per heavy atom. The molecule has 130 valence electrons. The maximum absolute atomic E-state index is 5.09. The highest BCUT2D eigenvalue weighted by molar-refractivity contribution is 5.79. The quantitative estimate of drug-likeness (QED) is 0.511. The van der Waals surface area contributed by atoms with Gasteiger partial charge < -0.3 is 20.3 Å². The fourth-order valence-electron chi connectivity index (χ4n) is 2.18. The first kappa shape index (κ1) is 19.5. The third kappa shape index (κ3) is 8.57. The molecule has 23 heavy (non-hydrogen) atoms. The van der Waals surface area contributed by atoms with Gasteiger partial charge in [-0.25, -0.2) is 0 Å². The summed E-state index contributed by atoms with van der Waals surface area (Å²) in [5.41, 5.74) is 1.33. The van der Waals surface area contributed by atoms with E-state index in [4.69, 9.17) is 9.73 Å². The second-order valence-electron chi connectivity index (χ2n) is 5.75. The van der Waals surface area contributed by atoms with Crippen molar-refractivity contribution < 1.29 is 4.74 Å². The first-order valence-electron chi connectivity index (χ1n) is 8.42. The zero-order valence-electron chi connectivity index (χ0n) is 15.0. The molecule has 0 bridgehead atoms. The topological polar surface area (TPSA) is 48.9 Å². The van der Waals surface area contributed by atoms with Crippen molar-refractivity contribution in [1.29, 1.82) is 0 Å². The molecule has 1 aromatic rings. The van der Waals surface area contributed by atoms with Crippen LogP contribution < -0.4 is 10.6 Å². The molecule has 1 atom stereocenters. The summed E-state index contributed by atoms with van der Waals surface area (Å²) in [6.07, 6.45) is 0. The zero-order valence-corrected chi connectivity index (χ0v) is 15.0. The zero-order chi connectivity index (χ0) is 16.9. The highest BCUT2D eigenvalue weighted by Gasteiger charge is 2.05. The fourth-order valence-corrected chi connectivity index (χ4v) is 2.18. The summed E-state index contributed by atoms with van der Waals surface area (Å²) in [4.78, 5) is 6.94. The van der Waals surface area contributed by atoms with Crippen molar-refractivity contribution in [1.82, 2.24) is 15.5 Å². The largest absolute Gasteiger partial charge is 0.383 e. The normalized spacial score (nSPS) is 13.2. The molecule has 0 saturated carbocycles. The molecule has 5 heteroatoms. The van der Waals surface area contributed by atoms with Crippen LogP contribution >= 0.6 is 0 Å². The van der Waals surface area contributed by atoms with Gasteiger partial charge in [0.1, 0.15) is 0 Å². The Hall–Kier alpha value is -1.59. The number of benzene rings is 1. The van der Waals surface area contributed by atoms with Crippen molar-refractivity contribution >= 4 is 5.96 Å². The summed E-state index contributed by atoms with van der Waals surface area (Å²) in [6, 6.07) is 10.5. The number of rotatable bonds is 10. The van der Waals surface area contributed by atoms with Crippen LogP contribution in [0, 0.1) is 0 Å². The number of methoxy groups -OCH3 is 1. The SMILES string of the molecule is CCNC(=NCC(C)c1ccccc1)NCCN(C)CCOC. The van der Waals surface area contributed by atoms with Crippen LogP contribution in [0.1, 0.15) is 25.3 Å². The molecule has 0 fully saturated rings. The van der Waals surface area contributed by atoms with Crippen LogP contribution in [0.2, 0.25) is 0 Å². The summed E-state index contributed by atoms with van der Waals surface area (Å²) in [5.74, 6) is 1.30. The molecule has 0 aliphatic heterocycles. The summed E-state index contributed by atoms with van der Waals surface area (Å²) < 4.78 is 5.09. The van der Waals surface area contributed by atoms with Gasteiger partial charge in [0.05, 0.1) is 6.61 Å². The van der Waals surface area contributed by atoms with Crippen LogP contribution in [-0.2, 0) is 4.74 Å². The van der Waals surface area contributed by atoms with E-state index in [2.05, 4.69) is 60.7 Å². The molecule has 0 heterocycles. The Balaban J connectivity index is 2.40. The third-order valence-corrected chi connectivity index (χ3v) is 3.70. The van der Waals surface area contributed by atoms with Crippen LogP contribution in [0.4, 0.5) is 0 Å². The van der Waals surface area contributed by atoms with Gasteiger partial charge in [0.15, 0.2) is 5.96 Å². The minimum absolute atomic E-state index is 0.413. The summed E-state index contributed by atoms with van der Waals surface area (Å²) in [7, 11) is 3.83. The van der Waals surface area contributed by atoms with E-state index in [-0.39, 0.29) is 0 Å². The maximum atomic E-state index is 5.09. The highest BCUT2D eigenvalue weighted by Crippen LogP contribution is 2.14. The summed E-state index contributed by atoms with van der Waals surface area (Å²) >= 11 is 0. The second-order valence-corrected chi connectivity index (χ2v) is 5.75. The molecule has 0 radical (unpaired) electrons. The Labute approximate surface area is 141 Å². The molecule has 0 aromatic heterocycles. The van der Waals surface area contributed by atoms with Gasteiger partial charge in [-0.3, -0.25) is 4.99 Å². The van der Waals surface area contributed by atoms with Crippen molar-refractivity contribution in [2.24, 2.45) is 4.99 Å². The first-order valence-corrected chi connectivity index (χ1v) is 8.42. The Kier molecular flexibility index (Phi) is 10.1. The maximum Gasteiger partial charge on any atom is 0.191 e. The van der Waals surface area contributed by atoms with E-state index < -0.39 is 0 Å². The molecule has 0 spiro atoms. The molecular formula is C18H32N4O. The van der Waals surface area contributed by atoms with E-state index in [9.17, 15) is 0 Å². The third-order valence-electron chi connectivity index (χ3n) is 3.70. The van der Waals surface area contributed by atoms with Crippen molar-refractivity contribution in [3.8, 4) is 0 Å². The number of aliphatic imine (C=N–C) groups is 1. The molecule has 0 aliphatic carbocycles. The number of nitrogens with zero attached hydrogens (tertiary/aromatic N) is 2. The molecular weight excluding hydrogens is 288 g/mol. The predicted molar refractivity (Wildman–Crippen MR) is 98.2 cm³/mol. The van der Waals surface area contributed by atoms with E-state index in [1.807, 2.05) is 6.07 Å². The van der Waals surface area contributed by atoms with E-state index in [1.165, 1.54) is 5.56 Å². The standard InChI is InChI=1S/C18H32N4O/c1-5-19-18(20-11-12-22(3)13-14-23-4)21-15-16(2)17-9-7-6-8-10-17/h6-10,16H,5,11-15H2,1-4H3,(H2,19,20,21). The van der Waals surface area contributed by atoms with Gasteiger partial charge in [0, 0.05) is 45.8 Å². The lowest BCUT2D eigenvalue weighted by Crippen LogP contribution is -2.41. The lowest BCUT2D eigenvalue weighted by Gasteiger charge is -2.18. The van der Waals surface area contributed by atoms with Crippen molar-refractivity contribution in [3.63, 3.8) is 0 Å². The molecule has 1 rings (SSSR count). The lowest BCUT2D eigenvalue weighted by molar-refractivity contribution is 0.162. The number of hydrogen-bond donors (Lipinski definition) is 2. The monoisotopic (exact) mass is 320 g/mol. The molecule has 1 unspecified atom stereocenters. The van der Waals surface area contributed by atoms with Crippen LogP contribution in [0.5, 0.6) is 0 Å². The second kappa shape index (κ2) is 11.9. The number of nitrogens with one attached hydrogen (secondary N) is 2. The van der Waals surface area contributed by atoms with Crippen molar-refractivity contribution in [2.45, 2.75) is 19.8 Å². The minimum atomic E-state index is 0.413. The molecule has 0 saturated heterocycles. The van der Waals surface area contributed by atoms with Crippen LogP contribution in [0.15, 0.2) is 35.3 Å². The molecule has 0 aliphatic rings. The smallest absolute Gasteiger partial charge is 0.191 e. The van der Waals surface area contributed by atoms with Gasteiger partial charge in [-0.2, -0.15) is 0 Å². The van der Waals surface area contributed by atoms with Crippen LogP contribution in [0.3, 0.4) is 0 Å². The van der Waals surface area contributed by atoms with E-state index in [1.54, 1.807) is 7.11 Å². The van der Waals surface area contributed by atoms with E-state index in [0.29, 0.717) is 5.92 Å². The predicted octanol–water partition coefficient (Wildman–Crippen LogP) is 1.92. The van der Waals surface area contributed by atoms with Gasteiger partial charge in [-0.15, -0.1) is 0 Å². The average Bonchev–Trinajstić information content (AvgIpc) is 2.58. The van der Waals surface area contributed by atoms with Gasteiger partial charge in [-0.05, 0) is 19.5 Å². The number of ether oxygens (including phenoxy) is 1. The molecule has 2 N–H and O–H groups in total. The fraction of sp³-hybridized carbons (Fsp3) is 0.611. The van der Waals surface area contributed by atoms with Gasteiger partial charge >= 0.3 is 0 Å². The van der Waals surface area contributed by atoms with Crippen LogP contribution in [0.25, 0.3) is 0 Å². The minimum Gasteiger partial charge on any atom is -0.383 e. The van der Waals surface area contributed by atoms with E-state index >= 15 is 0 Å².